The Kier molecular flexibility index (Phi) is 9.37. The second-order valence-corrected chi connectivity index (χ2v) is 5.75. The van der Waals surface area contributed by atoms with Crippen molar-refractivity contribution in [1.29, 1.82) is 0 Å². The molecule has 0 rings (SSSR count). The maximum atomic E-state index is 11.9. The highest BCUT2D eigenvalue weighted by molar-refractivity contribution is 5.74. The molecule has 0 radical (unpaired) electrons. The topological polar surface area (TPSA) is 95.7 Å². The minimum atomic E-state index is -1.01. The zero-order chi connectivity index (χ0) is 17.2. The van der Waals surface area contributed by atoms with Gasteiger partial charge in [-0.1, -0.05) is 0 Å². The SMILES string of the molecule is CCOC(=O)CCC(CCCC(C)(C)[N+](=O)[O-])C(=O)OCC. The van der Waals surface area contributed by atoms with Gasteiger partial charge in [-0.3, -0.25) is 19.7 Å². The van der Waals surface area contributed by atoms with Crippen molar-refractivity contribution in [2.45, 2.75) is 65.3 Å². The average Bonchev–Trinajstić information content (AvgIpc) is 2.42. The number of esters is 2. The number of rotatable bonds is 11. The molecule has 0 spiro atoms. The Hall–Kier alpha value is -1.66. The first-order valence-corrected chi connectivity index (χ1v) is 7.71. The lowest BCUT2D eigenvalue weighted by atomic mass is 9.91. The summed E-state index contributed by atoms with van der Waals surface area (Å²) in [7, 11) is 0. The number of hydrogen-bond donors (Lipinski definition) is 0. The van der Waals surface area contributed by atoms with Gasteiger partial charge in [0.25, 0.3) is 0 Å². The lowest BCUT2D eigenvalue weighted by Gasteiger charge is -2.18. The largest absolute Gasteiger partial charge is 0.466 e. The van der Waals surface area contributed by atoms with E-state index < -0.39 is 11.5 Å². The average molecular weight is 317 g/mol. The second kappa shape index (κ2) is 10.1. The predicted molar refractivity (Wildman–Crippen MR) is 80.9 cm³/mol. The third-order valence-electron chi connectivity index (χ3n) is 3.46. The van der Waals surface area contributed by atoms with E-state index in [4.69, 9.17) is 9.47 Å². The standard InChI is InChI=1S/C15H27NO6/c1-5-21-13(17)10-9-12(14(18)22-6-2)8-7-11-15(3,4)16(19)20/h12H,5-11H2,1-4H3. The minimum Gasteiger partial charge on any atom is -0.466 e. The molecule has 0 aliphatic rings. The first-order chi connectivity index (χ1) is 10.2. The zero-order valence-electron chi connectivity index (χ0n) is 13.9. The molecule has 7 nitrogen and oxygen atoms in total. The van der Waals surface area contributed by atoms with Gasteiger partial charge in [0.1, 0.15) is 0 Å². The van der Waals surface area contributed by atoms with Gasteiger partial charge in [-0.15, -0.1) is 0 Å². The molecule has 1 unspecified atom stereocenters. The number of nitrogens with zero attached hydrogens (tertiary/aromatic N) is 1. The van der Waals surface area contributed by atoms with Crippen molar-refractivity contribution in [1.82, 2.24) is 0 Å². The van der Waals surface area contributed by atoms with Crippen molar-refractivity contribution < 1.29 is 24.0 Å². The van der Waals surface area contributed by atoms with E-state index in [2.05, 4.69) is 0 Å². The van der Waals surface area contributed by atoms with Crippen LogP contribution in [0.5, 0.6) is 0 Å². The summed E-state index contributed by atoms with van der Waals surface area (Å²) in [5.74, 6) is -1.12. The Balaban J connectivity index is 4.45. The van der Waals surface area contributed by atoms with Crippen LogP contribution in [0, 0.1) is 16.0 Å². The molecule has 1 atom stereocenters. The van der Waals surface area contributed by atoms with Crippen molar-refractivity contribution in [3.8, 4) is 0 Å². The Morgan fingerprint density at radius 1 is 1.14 bits per heavy atom. The van der Waals surface area contributed by atoms with Gasteiger partial charge >= 0.3 is 11.9 Å². The van der Waals surface area contributed by atoms with Crippen molar-refractivity contribution in [3.05, 3.63) is 10.1 Å². The lowest BCUT2D eigenvalue weighted by Crippen LogP contribution is -2.31. The van der Waals surface area contributed by atoms with E-state index in [1.807, 2.05) is 0 Å². The van der Waals surface area contributed by atoms with Gasteiger partial charge in [0, 0.05) is 31.6 Å². The van der Waals surface area contributed by atoms with Crippen LogP contribution in [0.2, 0.25) is 0 Å². The summed E-state index contributed by atoms with van der Waals surface area (Å²) >= 11 is 0. The molecule has 0 fully saturated rings. The summed E-state index contributed by atoms with van der Waals surface area (Å²) < 4.78 is 9.84. The molecular formula is C15H27NO6. The van der Waals surface area contributed by atoms with E-state index in [1.54, 1.807) is 27.7 Å². The minimum absolute atomic E-state index is 0.149. The van der Waals surface area contributed by atoms with Crippen LogP contribution in [-0.4, -0.2) is 35.6 Å². The van der Waals surface area contributed by atoms with E-state index in [0.717, 1.165) is 0 Å². The summed E-state index contributed by atoms with van der Waals surface area (Å²) in [6.07, 6.45) is 1.86. The molecule has 7 heteroatoms. The molecule has 0 heterocycles. The van der Waals surface area contributed by atoms with Crippen LogP contribution in [0.3, 0.4) is 0 Å². The van der Waals surface area contributed by atoms with Crippen molar-refractivity contribution in [2.75, 3.05) is 13.2 Å². The van der Waals surface area contributed by atoms with Crippen LogP contribution in [0.1, 0.15) is 59.8 Å². The summed E-state index contributed by atoms with van der Waals surface area (Å²) in [4.78, 5) is 33.8. The van der Waals surface area contributed by atoms with Crippen molar-refractivity contribution in [2.24, 2.45) is 5.92 Å². The normalized spacial score (nSPS) is 12.5. The van der Waals surface area contributed by atoms with Crippen LogP contribution in [0.4, 0.5) is 0 Å². The zero-order valence-corrected chi connectivity index (χ0v) is 13.9. The van der Waals surface area contributed by atoms with E-state index in [1.165, 1.54) is 0 Å². The molecule has 0 aromatic carbocycles. The summed E-state index contributed by atoms with van der Waals surface area (Å²) in [5, 5.41) is 10.9. The number of nitro groups is 1. The fourth-order valence-corrected chi connectivity index (χ4v) is 2.04. The Morgan fingerprint density at radius 3 is 2.23 bits per heavy atom. The molecule has 0 aromatic heterocycles. The molecular weight excluding hydrogens is 290 g/mol. The van der Waals surface area contributed by atoms with Crippen molar-refractivity contribution in [3.63, 3.8) is 0 Å². The van der Waals surface area contributed by atoms with Gasteiger partial charge < -0.3 is 9.47 Å². The molecule has 0 N–H and O–H groups in total. The number of carbonyl (C=O) groups excluding carboxylic acids is 2. The van der Waals surface area contributed by atoms with E-state index in [0.29, 0.717) is 32.3 Å². The molecule has 128 valence electrons. The second-order valence-electron chi connectivity index (χ2n) is 5.75. The summed E-state index contributed by atoms with van der Waals surface area (Å²) in [6, 6.07) is 0. The summed E-state index contributed by atoms with van der Waals surface area (Å²) in [5.41, 5.74) is -1.01. The molecule has 0 saturated heterocycles. The van der Waals surface area contributed by atoms with Crippen LogP contribution < -0.4 is 0 Å². The number of ether oxygens (including phenoxy) is 2. The number of hydrogen-bond acceptors (Lipinski definition) is 6. The van der Waals surface area contributed by atoms with Gasteiger partial charge in [0.2, 0.25) is 5.54 Å². The predicted octanol–water partition coefficient (Wildman–Crippen LogP) is 2.73. The monoisotopic (exact) mass is 317 g/mol. The molecule has 0 bridgehead atoms. The fourth-order valence-electron chi connectivity index (χ4n) is 2.04. The molecule has 0 aliphatic heterocycles. The van der Waals surface area contributed by atoms with Gasteiger partial charge in [0.15, 0.2) is 0 Å². The van der Waals surface area contributed by atoms with E-state index in [-0.39, 0.29) is 29.9 Å². The van der Waals surface area contributed by atoms with Crippen LogP contribution in [0.15, 0.2) is 0 Å². The Labute approximate surface area is 131 Å². The smallest absolute Gasteiger partial charge is 0.308 e. The third-order valence-corrected chi connectivity index (χ3v) is 3.46. The maximum Gasteiger partial charge on any atom is 0.308 e. The first kappa shape index (κ1) is 20.3. The Morgan fingerprint density at radius 2 is 1.73 bits per heavy atom. The Bertz CT molecular complexity index is 380. The highest BCUT2D eigenvalue weighted by atomic mass is 16.6. The highest BCUT2D eigenvalue weighted by Gasteiger charge is 2.31. The maximum absolute atomic E-state index is 11.9. The highest BCUT2D eigenvalue weighted by Crippen LogP contribution is 2.22. The van der Waals surface area contributed by atoms with Crippen molar-refractivity contribution >= 4 is 11.9 Å². The van der Waals surface area contributed by atoms with Gasteiger partial charge in [0.05, 0.1) is 19.1 Å². The van der Waals surface area contributed by atoms with Gasteiger partial charge in [-0.25, -0.2) is 0 Å². The third kappa shape index (κ3) is 7.95. The molecule has 0 amide bonds. The molecule has 0 aromatic rings. The fraction of sp³-hybridized carbons (Fsp3) is 0.867. The first-order valence-electron chi connectivity index (χ1n) is 7.71. The number of carbonyl (C=O) groups is 2. The molecule has 22 heavy (non-hydrogen) atoms. The van der Waals surface area contributed by atoms with Gasteiger partial charge in [-0.2, -0.15) is 0 Å². The van der Waals surface area contributed by atoms with E-state index in [9.17, 15) is 19.7 Å². The van der Waals surface area contributed by atoms with Crippen LogP contribution >= 0.6 is 0 Å². The van der Waals surface area contributed by atoms with E-state index >= 15 is 0 Å². The quantitative estimate of drug-likeness (QED) is 0.330. The lowest BCUT2D eigenvalue weighted by molar-refractivity contribution is -0.561. The summed E-state index contributed by atoms with van der Waals surface area (Å²) in [6.45, 7) is 7.14. The van der Waals surface area contributed by atoms with Crippen LogP contribution in [-0.2, 0) is 19.1 Å². The molecule has 0 aliphatic carbocycles. The molecule has 0 saturated carbocycles. The van der Waals surface area contributed by atoms with Gasteiger partial charge in [-0.05, 0) is 33.1 Å². The van der Waals surface area contributed by atoms with Crippen LogP contribution in [0.25, 0.3) is 0 Å².